The number of fused-ring (bicyclic) bond motifs is 1. The number of anilines is 1. The first-order valence-electron chi connectivity index (χ1n) is 6.96. The molecule has 0 saturated heterocycles. The van der Waals surface area contributed by atoms with E-state index < -0.39 is 10.4 Å². The molecule has 1 aromatic rings. The molecule has 0 atom stereocenters. The zero-order valence-electron chi connectivity index (χ0n) is 12.4. The number of rotatable bonds is 6. The van der Waals surface area contributed by atoms with Crippen molar-refractivity contribution in [2.24, 2.45) is 0 Å². The Morgan fingerprint density at radius 3 is 2.68 bits per heavy atom. The van der Waals surface area contributed by atoms with Crippen molar-refractivity contribution in [2.45, 2.75) is 45.4 Å². The quantitative estimate of drug-likeness (QED) is 0.421. The Kier molecular flexibility index (Phi) is 6.33. The number of hydrogen-bond acceptors (Lipinski definition) is 7. The maximum absolute atomic E-state index is 11.0. The van der Waals surface area contributed by atoms with Gasteiger partial charge in [-0.2, -0.15) is 12.7 Å². The maximum atomic E-state index is 11.0. The summed E-state index contributed by atoms with van der Waals surface area (Å²) in [7, 11) is -4.72. The zero-order chi connectivity index (χ0) is 15.5. The monoisotopic (exact) mass is 335 g/mol. The minimum atomic E-state index is -4.72. The van der Waals surface area contributed by atoms with Crippen molar-refractivity contribution < 1.29 is 32.2 Å². The largest absolute Gasteiger partial charge is 0.870 e. The third kappa shape index (κ3) is 4.42. The number of aryl methyl sites for hydroxylation is 1. The highest BCUT2D eigenvalue weighted by Gasteiger charge is 2.30. The van der Waals surface area contributed by atoms with Crippen LogP contribution in [-0.2, 0) is 23.2 Å². The van der Waals surface area contributed by atoms with Crippen molar-refractivity contribution in [1.29, 1.82) is 0 Å². The van der Waals surface area contributed by atoms with E-state index in [0.717, 1.165) is 48.1 Å². The minimum absolute atomic E-state index is 0. The van der Waals surface area contributed by atoms with Crippen molar-refractivity contribution in [3.05, 3.63) is 11.3 Å². The second-order valence-electron chi connectivity index (χ2n) is 4.91. The summed E-state index contributed by atoms with van der Waals surface area (Å²) in [5.41, 5.74) is 7.31. The van der Waals surface area contributed by atoms with Crippen LogP contribution in [0.2, 0.25) is 0 Å². The molecular formula is C12H21N3O6S. The molecule has 9 nitrogen and oxygen atoms in total. The summed E-state index contributed by atoms with van der Waals surface area (Å²) < 4.78 is 41.7. The van der Waals surface area contributed by atoms with Crippen LogP contribution in [0.1, 0.15) is 43.9 Å². The molecule has 0 fully saturated rings. The summed E-state index contributed by atoms with van der Waals surface area (Å²) in [6.07, 6.45) is 5.16. The number of unbranched alkanes of at least 4 members (excludes halogenated alkanes) is 1. The van der Waals surface area contributed by atoms with E-state index in [2.05, 4.69) is 9.27 Å². The fraction of sp³-hybridized carbons (Fsp3) is 0.667. The van der Waals surface area contributed by atoms with E-state index >= 15 is 0 Å². The normalized spacial score (nSPS) is 13.9. The lowest BCUT2D eigenvalue weighted by Gasteiger charge is -2.17. The Hall–Kier alpha value is -1.65. The molecule has 2 rings (SSSR count). The molecule has 10 heteroatoms. The first kappa shape index (κ1) is 18.4. The van der Waals surface area contributed by atoms with Crippen LogP contribution >= 0.6 is 0 Å². The van der Waals surface area contributed by atoms with Gasteiger partial charge in [-0.05, 0) is 25.7 Å². The van der Waals surface area contributed by atoms with Crippen molar-refractivity contribution in [3.63, 3.8) is 0 Å². The Balaban J connectivity index is 0.00000242. The Morgan fingerprint density at radius 1 is 1.36 bits per heavy atom. The number of nitrogens with two attached hydrogens (primary N) is 1. The van der Waals surface area contributed by atoms with Crippen LogP contribution in [0.25, 0.3) is 0 Å². The molecule has 0 aromatic carbocycles. The second kappa shape index (κ2) is 7.56. The van der Waals surface area contributed by atoms with Gasteiger partial charge in [-0.1, -0.05) is 18.3 Å². The average Bonchev–Trinajstić information content (AvgIpc) is 2.41. The molecule has 4 N–H and O–H groups in total. The van der Waals surface area contributed by atoms with Gasteiger partial charge in [-0.25, -0.2) is 0 Å². The Labute approximate surface area is 129 Å². The molecule has 0 unspecified atom stereocenters. The van der Waals surface area contributed by atoms with E-state index in [0.29, 0.717) is 13.0 Å². The maximum Gasteiger partial charge on any atom is 0.477 e. The number of ether oxygens (including phenoxy) is 1. The van der Waals surface area contributed by atoms with Gasteiger partial charge in [0.05, 0.1) is 12.2 Å². The summed E-state index contributed by atoms with van der Waals surface area (Å²) in [6, 6.07) is 0. The summed E-state index contributed by atoms with van der Waals surface area (Å²) in [4.78, 5) is 4.15. The summed E-state index contributed by atoms with van der Waals surface area (Å²) in [5.74, 6) is 0.0445. The van der Waals surface area contributed by atoms with Crippen LogP contribution in [0.5, 0.6) is 5.88 Å². The highest BCUT2D eigenvalue weighted by Crippen LogP contribution is 2.26. The average molecular weight is 335 g/mol. The molecule has 0 amide bonds. The van der Waals surface area contributed by atoms with Crippen molar-refractivity contribution in [3.8, 4) is 5.88 Å². The fourth-order valence-corrected chi connectivity index (χ4v) is 2.61. The van der Waals surface area contributed by atoms with Crippen LogP contribution < -0.4 is 19.5 Å². The summed E-state index contributed by atoms with van der Waals surface area (Å²) in [6.45, 7) is 2.42. The molecular weight excluding hydrogens is 314 g/mol. The van der Waals surface area contributed by atoms with Gasteiger partial charge in [-0.3, -0.25) is 10.3 Å². The van der Waals surface area contributed by atoms with Gasteiger partial charge in [0, 0.05) is 11.2 Å². The lowest BCUT2D eigenvalue weighted by Crippen LogP contribution is -2.50. The van der Waals surface area contributed by atoms with Gasteiger partial charge < -0.3 is 10.2 Å². The van der Waals surface area contributed by atoms with Crippen molar-refractivity contribution >= 4 is 16.3 Å². The van der Waals surface area contributed by atoms with Gasteiger partial charge >= 0.3 is 22.2 Å². The Bertz CT molecular complexity index is 620. The number of nitrogens with zero attached hydrogens (tertiary/aromatic N) is 2. The standard InChI is InChI=1S/C12H19N3O5S.H2O/c1-2-3-8-19-11-9-6-4-5-7-10(9)14-12(13)15(11)20-21(16,17)18;/h13H,2-8H2,1H3,(H,16,17,18);1H2. The number of aromatic nitrogens is 2. The molecule has 126 valence electrons. The highest BCUT2D eigenvalue weighted by atomic mass is 32.3. The van der Waals surface area contributed by atoms with Gasteiger partial charge in [0.15, 0.2) is 0 Å². The minimum Gasteiger partial charge on any atom is -0.870 e. The van der Waals surface area contributed by atoms with Crippen LogP contribution in [0, 0.1) is 0 Å². The predicted molar refractivity (Wildman–Crippen MR) is 76.0 cm³/mol. The lowest BCUT2D eigenvalue weighted by atomic mass is 9.97. The van der Waals surface area contributed by atoms with Crippen molar-refractivity contribution in [1.82, 2.24) is 4.98 Å². The molecule has 0 radical (unpaired) electrons. The number of hydrogen-bond donors (Lipinski definition) is 2. The molecule has 0 bridgehead atoms. The van der Waals surface area contributed by atoms with Crippen molar-refractivity contribution in [2.75, 3.05) is 12.3 Å². The van der Waals surface area contributed by atoms with E-state index in [-0.39, 0.29) is 17.3 Å². The molecule has 1 aliphatic carbocycles. The van der Waals surface area contributed by atoms with E-state index in [9.17, 15) is 8.42 Å². The first-order valence-corrected chi connectivity index (χ1v) is 8.32. The molecule has 1 aliphatic rings. The van der Waals surface area contributed by atoms with Gasteiger partial charge in [0.1, 0.15) is 5.69 Å². The summed E-state index contributed by atoms with van der Waals surface area (Å²) >= 11 is 0. The Morgan fingerprint density at radius 2 is 2.05 bits per heavy atom. The van der Waals surface area contributed by atoms with E-state index in [1.807, 2.05) is 6.92 Å². The molecule has 0 saturated carbocycles. The second-order valence-corrected chi connectivity index (χ2v) is 5.91. The van der Waals surface area contributed by atoms with E-state index in [1.54, 1.807) is 0 Å². The molecule has 1 aromatic heterocycles. The lowest BCUT2D eigenvalue weighted by molar-refractivity contribution is -0.849. The van der Waals surface area contributed by atoms with Crippen LogP contribution in [0.3, 0.4) is 0 Å². The molecule has 0 aliphatic heterocycles. The van der Waals surface area contributed by atoms with E-state index in [1.165, 1.54) is 0 Å². The smallest absolute Gasteiger partial charge is 0.477 e. The van der Waals surface area contributed by atoms with Gasteiger partial charge in [0.25, 0.3) is 0 Å². The summed E-state index contributed by atoms with van der Waals surface area (Å²) in [5, 5.41) is 0. The third-order valence-corrected chi connectivity index (χ3v) is 3.58. The highest BCUT2D eigenvalue weighted by molar-refractivity contribution is 7.80. The SMILES string of the molecule is CCCCOc1c2c(nc(N)[n+]1OS(=O)(=O)O)CCCC2.[OH-]. The zero-order valence-corrected chi connectivity index (χ0v) is 13.2. The third-order valence-electron chi connectivity index (χ3n) is 3.24. The van der Waals surface area contributed by atoms with Gasteiger partial charge in [0.2, 0.25) is 0 Å². The van der Waals surface area contributed by atoms with Crippen LogP contribution in [0.15, 0.2) is 0 Å². The van der Waals surface area contributed by atoms with E-state index in [4.69, 9.17) is 15.0 Å². The molecule has 0 spiro atoms. The first-order chi connectivity index (χ1) is 9.92. The molecule has 1 heterocycles. The topological polar surface area (TPSA) is 146 Å². The number of nitrogen functional groups attached to an aromatic ring is 1. The predicted octanol–water partition coefficient (Wildman–Crippen LogP) is 0.0636. The van der Waals surface area contributed by atoms with Crippen LogP contribution in [-0.4, -0.2) is 30.0 Å². The fourth-order valence-electron chi connectivity index (χ4n) is 2.28. The molecule has 22 heavy (non-hydrogen) atoms. The van der Waals surface area contributed by atoms with Gasteiger partial charge in [-0.15, -0.1) is 0 Å². The van der Waals surface area contributed by atoms with Crippen LogP contribution in [0.4, 0.5) is 5.95 Å².